The van der Waals surface area contributed by atoms with Crippen LogP contribution in [0.5, 0.6) is 0 Å². The van der Waals surface area contributed by atoms with Gasteiger partial charge < -0.3 is 4.74 Å². The highest BCUT2D eigenvalue weighted by Crippen LogP contribution is 2.36. The highest BCUT2D eigenvalue weighted by Gasteiger charge is 2.38. The molecule has 0 N–H and O–H groups in total. The van der Waals surface area contributed by atoms with Crippen LogP contribution in [0.4, 0.5) is 0 Å². The predicted molar refractivity (Wildman–Crippen MR) is 39.6 cm³/mol. The summed E-state index contributed by atoms with van der Waals surface area (Å²) in [6.45, 7) is 0.620. The molecule has 2 nitrogen and oxygen atoms in total. The lowest BCUT2D eigenvalue weighted by atomic mass is 10.0. The van der Waals surface area contributed by atoms with Crippen LogP contribution >= 0.6 is 11.8 Å². The molecule has 0 saturated carbocycles. The van der Waals surface area contributed by atoms with Gasteiger partial charge in [0, 0.05) is 23.8 Å². The second kappa shape index (κ2) is 2.55. The van der Waals surface area contributed by atoms with E-state index in [4.69, 9.17) is 4.74 Å². The van der Waals surface area contributed by atoms with Crippen molar-refractivity contribution >= 4 is 17.5 Å². The molecule has 0 atom stereocenters. The van der Waals surface area contributed by atoms with Crippen LogP contribution in [0.25, 0.3) is 0 Å². The molecule has 0 spiro atoms. The van der Waals surface area contributed by atoms with E-state index in [0.717, 1.165) is 17.6 Å². The first-order valence-corrected chi connectivity index (χ1v) is 4.64. The zero-order valence-corrected chi connectivity index (χ0v) is 6.45. The molecular weight excluding hydrogens is 148 g/mol. The smallest absolute Gasteiger partial charge is 0.170 e. The molecule has 0 aromatic heterocycles. The first-order valence-electron chi connectivity index (χ1n) is 3.48. The van der Waals surface area contributed by atoms with Crippen molar-refractivity contribution < 1.29 is 9.53 Å². The van der Waals surface area contributed by atoms with Gasteiger partial charge in [0.05, 0.1) is 6.61 Å². The van der Waals surface area contributed by atoms with Gasteiger partial charge in [0.15, 0.2) is 11.9 Å². The van der Waals surface area contributed by atoms with Crippen LogP contribution in [-0.4, -0.2) is 23.9 Å². The summed E-state index contributed by atoms with van der Waals surface area (Å²) in [5.41, 5.74) is 0. The Morgan fingerprint density at radius 3 is 2.70 bits per heavy atom. The second-order valence-electron chi connectivity index (χ2n) is 2.62. The van der Waals surface area contributed by atoms with Crippen LogP contribution in [0.2, 0.25) is 0 Å². The Hall–Kier alpha value is -0.0200. The molecule has 2 heterocycles. The molecule has 55 valence electrons. The van der Waals surface area contributed by atoms with E-state index in [1.54, 1.807) is 0 Å². The molecule has 2 aliphatic rings. The number of thioether (sulfide) groups is 1. The van der Waals surface area contributed by atoms with E-state index < -0.39 is 0 Å². The summed E-state index contributed by atoms with van der Waals surface area (Å²) >= 11 is 1.88. The summed E-state index contributed by atoms with van der Waals surface area (Å²) < 4.78 is 5.22. The van der Waals surface area contributed by atoms with E-state index in [-0.39, 0.29) is 5.78 Å². The highest BCUT2D eigenvalue weighted by atomic mass is 32.2. The third-order valence-electron chi connectivity index (χ3n) is 1.87. The zero-order chi connectivity index (χ0) is 6.97. The van der Waals surface area contributed by atoms with Gasteiger partial charge in [-0.3, -0.25) is 4.79 Å². The molecule has 0 amide bonds. The van der Waals surface area contributed by atoms with E-state index in [1.165, 1.54) is 0 Å². The fourth-order valence-electron chi connectivity index (χ4n) is 1.19. The molecular formula is C7H9O2S. The van der Waals surface area contributed by atoms with Gasteiger partial charge in [0.2, 0.25) is 0 Å². The molecule has 2 saturated heterocycles. The molecule has 0 aliphatic carbocycles. The van der Waals surface area contributed by atoms with Gasteiger partial charge >= 0.3 is 0 Å². The van der Waals surface area contributed by atoms with Gasteiger partial charge in [-0.25, -0.2) is 0 Å². The molecule has 0 bridgehead atoms. The Labute approximate surface area is 64.3 Å². The molecule has 1 radical (unpaired) electrons. The topological polar surface area (TPSA) is 26.3 Å². The van der Waals surface area contributed by atoms with Gasteiger partial charge in [0.1, 0.15) is 0 Å². The second-order valence-corrected chi connectivity index (χ2v) is 3.70. The Bertz CT molecular complexity index is 154. The minimum absolute atomic E-state index is 0.241. The molecule has 0 aromatic rings. The van der Waals surface area contributed by atoms with E-state index in [9.17, 15) is 4.79 Å². The van der Waals surface area contributed by atoms with Crippen LogP contribution in [0.1, 0.15) is 6.42 Å². The van der Waals surface area contributed by atoms with Crippen molar-refractivity contribution in [1.82, 2.24) is 0 Å². The fourth-order valence-corrected chi connectivity index (χ4v) is 1.96. The number of Topliss-reactive ketones (excluding diaryl/α,β-unsaturated/α-hetero) is 1. The third-order valence-corrected chi connectivity index (χ3v) is 3.15. The fraction of sp³-hybridized carbons (Fsp3) is 0.714. The molecule has 10 heavy (non-hydrogen) atoms. The largest absolute Gasteiger partial charge is 0.363 e. The molecule has 2 fully saturated rings. The van der Waals surface area contributed by atoms with Gasteiger partial charge in [-0.2, -0.15) is 11.8 Å². The molecule has 2 aliphatic heterocycles. The third kappa shape index (κ3) is 0.974. The molecule has 0 aromatic carbocycles. The Kier molecular flexibility index (Phi) is 1.70. The van der Waals surface area contributed by atoms with Crippen molar-refractivity contribution in [2.45, 2.75) is 6.42 Å². The normalized spacial score (nSPS) is 29.0. The summed E-state index contributed by atoms with van der Waals surface area (Å²) in [4.78, 5) is 11.0. The van der Waals surface area contributed by atoms with Crippen molar-refractivity contribution in [3.8, 4) is 0 Å². The number of hydrogen-bond donors (Lipinski definition) is 0. The SMILES string of the molecule is O=C1CCO[C]1C1CSC1. The first kappa shape index (κ1) is 6.68. The number of hydrogen-bond acceptors (Lipinski definition) is 3. The minimum atomic E-state index is 0.241. The van der Waals surface area contributed by atoms with E-state index in [2.05, 4.69) is 0 Å². The number of carbonyl (C=O) groups excluding carboxylic acids is 1. The molecule has 3 heteroatoms. The van der Waals surface area contributed by atoms with Crippen molar-refractivity contribution in [2.75, 3.05) is 18.1 Å². The van der Waals surface area contributed by atoms with Gasteiger partial charge in [0.25, 0.3) is 0 Å². The van der Waals surface area contributed by atoms with Crippen molar-refractivity contribution in [3.05, 3.63) is 6.10 Å². The summed E-state index contributed by atoms with van der Waals surface area (Å²) in [7, 11) is 0. The van der Waals surface area contributed by atoms with E-state index in [1.807, 2.05) is 11.8 Å². The Morgan fingerprint density at radius 1 is 1.50 bits per heavy atom. The van der Waals surface area contributed by atoms with E-state index in [0.29, 0.717) is 18.9 Å². The van der Waals surface area contributed by atoms with Crippen LogP contribution in [-0.2, 0) is 9.53 Å². The first-order chi connectivity index (χ1) is 4.88. The maximum atomic E-state index is 11.0. The lowest BCUT2D eigenvalue weighted by molar-refractivity contribution is -0.118. The average Bonchev–Trinajstić information content (AvgIpc) is 2.12. The van der Waals surface area contributed by atoms with Crippen LogP contribution in [0.15, 0.2) is 0 Å². The Morgan fingerprint density at radius 2 is 2.30 bits per heavy atom. The highest BCUT2D eigenvalue weighted by molar-refractivity contribution is 8.00. The maximum Gasteiger partial charge on any atom is 0.170 e. The quantitative estimate of drug-likeness (QED) is 0.565. The van der Waals surface area contributed by atoms with Gasteiger partial charge in [-0.15, -0.1) is 0 Å². The summed E-state index contributed by atoms with van der Waals surface area (Å²) in [6.07, 6.45) is 1.37. The maximum absolute atomic E-state index is 11.0. The Balaban J connectivity index is 1.96. The van der Waals surface area contributed by atoms with Crippen LogP contribution in [0, 0.1) is 12.0 Å². The van der Waals surface area contributed by atoms with Crippen molar-refractivity contribution in [1.29, 1.82) is 0 Å². The van der Waals surface area contributed by atoms with Crippen molar-refractivity contribution in [2.24, 2.45) is 5.92 Å². The molecule has 2 rings (SSSR count). The summed E-state index contributed by atoms with van der Waals surface area (Å²) in [5.74, 6) is 2.87. The lowest BCUT2D eigenvalue weighted by Crippen LogP contribution is -2.29. The minimum Gasteiger partial charge on any atom is -0.363 e. The van der Waals surface area contributed by atoms with Crippen molar-refractivity contribution in [3.63, 3.8) is 0 Å². The van der Waals surface area contributed by atoms with E-state index >= 15 is 0 Å². The van der Waals surface area contributed by atoms with Gasteiger partial charge in [-0.05, 0) is 0 Å². The summed E-state index contributed by atoms with van der Waals surface area (Å²) in [5, 5.41) is 0. The number of rotatable bonds is 1. The number of ketones is 1. The summed E-state index contributed by atoms with van der Waals surface area (Å²) in [6, 6.07) is 0. The standard InChI is InChI=1S/C7H9O2S/c8-6-1-2-9-7(6)5-3-10-4-5/h5H,1-4H2. The van der Waals surface area contributed by atoms with Crippen LogP contribution < -0.4 is 0 Å². The molecule has 0 unspecified atom stereocenters. The van der Waals surface area contributed by atoms with Gasteiger partial charge in [-0.1, -0.05) is 0 Å². The monoisotopic (exact) mass is 157 g/mol. The predicted octanol–water partition coefficient (Wildman–Crippen LogP) is 0.871. The zero-order valence-electron chi connectivity index (χ0n) is 5.63. The number of carbonyl (C=O) groups is 1. The lowest BCUT2D eigenvalue weighted by Gasteiger charge is -2.27. The van der Waals surface area contributed by atoms with Crippen LogP contribution in [0.3, 0.4) is 0 Å². The number of ether oxygens (including phenoxy) is 1. The average molecular weight is 157 g/mol.